The summed E-state index contributed by atoms with van der Waals surface area (Å²) in [5.41, 5.74) is 8.67. The Bertz CT molecular complexity index is 1410. The average molecular weight is 553 g/mol. The van der Waals surface area contributed by atoms with Crippen LogP contribution in [-0.4, -0.2) is 9.67 Å². The molecule has 41 heavy (non-hydrogen) atoms. The second-order valence-corrected chi connectivity index (χ2v) is 11.9. The molecule has 3 aromatic rings. The lowest BCUT2D eigenvalue weighted by atomic mass is 9.90. The first kappa shape index (κ1) is 30.2. The van der Waals surface area contributed by atoms with Crippen LogP contribution in [0.4, 0.5) is 10.1 Å². The number of hydrogen-bond donors (Lipinski definition) is 2. The van der Waals surface area contributed by atoms with Crippen molar-refractivity contribution in [1.29, 1.82) is 0 Å². The monoisotopic (exact) mass is 552 g/mol. The van der Waals surface area contributed by atoms with Crippen molar-refractivity contribution in [3.8, 4) is 11.3 Å². The fraction of sp³-hybridized carbons (Fsp3) is 0.351. The molecule has 1 aromatic heterocycles. The third kappa shape index (κ3) is 7.49. The average Bonchev–Trinajstić information content (AvgIpc) is 3.28. The fourth-order valence-electron chi connectivity index (χ4n) is 6.16. The summed E-state index contributed by atoms with van der Waals surface area (Å²) in [6.45, 7) is 18.0. The van der Waals surface area contributed by atoms with E-state index in [-0.39, 0.29) is 17.5 Å². The largest absolute Gasteiger partial charge is 0.513 e. The molecule has 1 heterocycles. The van der Waals surface area contributed by atoms with Gasteiger partial charge in [0.2, 0.25) is 0 Å². The van der Waals surface area contributed by atoms with Crippen molar-refractivity contribution in [2.24, 2.45) is 11.8 Å². The number of nitrogens with zero attached hydrogens (tertiary/aromatic N) is 1. The highest BCUT2D eigenvalue weighted by Gasteiger charge is 2.29. The van der Waals surface area contributed by atoms with E-state index in [0.717, 1.165) is 66.0 Å². The van der Waals surface area contributed by atoms with Gasteiger partial charge in [-0.05, 0) is 91.0 Å². The van der Waals surface area contributed by atoms with E-state index in [9.17, 15) is 9.50 Å². The van der Waals surface area contributed by atoms with Gasteiger partial charge >= 0.3 is 0 Å². The van der Waals surface area contributed by atoms with Crippen LogP contribution in [-0.2, 0) is 6.54 Å². The predicted octanol–water partition coefficient (Wildman–Crippen LogP) is 10.7. The summed E-state index contributed by atoms with van der Waals surface area (Å²) in [7, 11) is 0. The topological polar surface area (TPSA) is 37.2 Å². The summed E-state index contributed by atoms with van der Waals surface area (Å²) in [5, 5.41) is 13.3. The van der Waals surface area contributed by atoms with Gasteiger partial charge in [-0.15, -0.1) is 0 Å². The third-order valence-electron chi connectivity index (χ3n) is 7.86. The molecule has 2 unspecified atom stereocenters. The molecule has 0 aliphatic heterocycles. The van der Waals surface area contributed by atoms with Gasteiger partial charge in [0.25, 0.3) is 0 Å². The fourth-order valence-corrected chi connectivity index (χ4v) is 6.16. The van der Waals surface area contributed by atoms with E-state index >= 15 is 0 Å². The molecule has 4 rings (SSSR count). The van der Waals surface area contributed by atoms with Crippen molar-refractivity contribution < 1.29 is 9.50 Å². The van der Waals surface area contributed by atoms with E-state index in [1.54, 1.807) is 12.1 Å². The SMILES string of the molecule is C=C(O)CC(C)CC(C)CCn1c(-c2ccc(F)cc2)c(C2=CCCC=C2)c(C(=C)Nc2ccccc2)c1C(C)C. The Morgan fingerprint density at radius 3 is 2.29 bits per heavy atom. The van der Waals surface area contributed by atoms with Crippen LogP contribution in [0.2, 0.25) is 0 Å². The van der Waals surface area contributed by atoms with Crippen molar-refractivity contribution in [3.05, 3.63) is 114 Å². The van der Waals surface area contributed by atoms with Crippen molar-refractivity contribution in [2.75, 3.05) is 5.32 Å². The van der Waals surface area contributed by atoms with Crippen LogP contribution in [0, 0.1) is 17.7 Å². The Morgan fingerprint density at radius 1 is 0.976 bits per heavy atom. The molecule has 0 spiro atoms. The predicted molar refractivity (Wildman–Crippen MR) is 173 cm³/mol. The Kier molecular flexibility index (Phi) is 10.1. The molecule has 3 nitrogen and oxygen atoms in total. The zero-order valence-electron chi connectivity index (χ0n) is 25.1. The van der Waals surface area contributed by atoms with E-state index in [2.05, 4.69) is 81.1 Å². The maximum absolute atomic E-state index is 14.1. The molecule has 0 radical (unpaired) electrons. The molecular weight excluding hydrogens is 507 g/mol. The number of halogens is 1. The highest BCUT2D eigenvalue weighted by Crippen LogP contribution is 2.44. The third-order valence-corrected chi connectivity index (χ3v) is 7.86. The molecule has 1 aliphatic carbocycles. The molecule has 0 amide bonds. The number of benzene rings is 2. The van der Waals surface area contributed by atoms with Gasteiger partial charge < -0.3 is 15.0 Å². The van der Waals surface area contributed by atoms with Gasteiger partial charge in [0.1, 0.15) is 5.82 Å². The number of aliphatic hydroxyl groups is 1. The highest BCUT2D eigenvalue weighted by molar-refractivity contribution is 5.95. The maximum atomic E-state index is 14.1. The van der Waals surface area contributed by atoms with E-state index in [0.29, 0.717) is 18.3 Å². The molecule has 4 heteroatoms. The lowest BCUT2D eigenvalue weighted by Gasteiger charge is -2.21. The molecule has 0 saturated heterocycles. The minimum atomic E-state index is -0.238. The Labute approximate surface area is 245 Å². The number of hydrogen-bond acceptors (Lipinski definition) is 2. The minimum absolute atomic E-state index is 0.229. The highest BCUT2D eigenvalue weighted by atomic mass is 19.1. The van der Waals surface area contributed by atoms with Gasteiger partial charge in [0.05, 0.1) is 11.5 Å². The summed E-state index contributed by atoms with van der Waals surface area (Å²) < 4.78 is 16.6. The molecule has 0 saturated carbocycles. The molecule has 2 atom stereocenters. The quantitative estimate of drug-likeness (QED) is 0.207. The number of aromatic nitrogens is 1. The zero-order chi connectivity index (χ0) is 29.5. The van der Waals surface area contributed by atoms with E-state index in [1.807, 2.05) is 30.3 Å². The number of rotatable bonds is 13. The van der Waals surface area contributed by atoms with Crippen molar-refractivity contribution in [1.82, 2.24) is 4.57 Å². The summed E-state index contributed by atoms with van der Waals surface area (Å²) in [6.07, 6.45) is 11.4. The van der Waals surface area contributed by atoms with Crippen molar-refractivity contribution >= 4 is 17.0 Å². The maximum Gasteiger partial charge on any atom is 0.123 e. The number of nitrogens with one attached hydrogen (secondary N) is 1. The standard InChI is InChI=1S/C37H45FN2O/c1-25(2)36-34(29(6)39-33-15-11-8-12-16-33)35(30-13-9-7-10-14-30)37(31-17-19-32(38)20-18-31)40(36)22-21-26(3)23-27(4)24-28(5)41/h8-9,11-20,25-27,39,41H,5-7,10,21-24H2,1-4H3. The van der Waals surface area contributed by atoms with E-state index in [4.69, 9.17) is 0 Å². The van der Waals surface area contributed by atoms with Gasteiger partial charge in [0.15, 0.2) is 0 Å². The summed E-state index contributed by atoms with van der Waals surface area (Å²) in [6, 6.07) is 17.1. The van der Waals surface area contributed by atoms with Gasteiger partial charge in [-0.3, -0.25) is 0 Å². The summed E-state index contributed by atoms with van der Waals surface area (Å²) in [5.74, 6) is 1.07. The Hall–Kier alpha value is -3.79. The van der Waals surface area contributed by atoms with Crippen molar-refractivity contribution in [2.45, 2.75) is 72.3 Å². The number of aliphatic hydroxyl groups excluding tert-OH is 1. The Morgan fingerprint density at radius 2 is 1.68 bits per heavy atom. The molecule has 2 aromatic carbocycles. The van der Waals surface area contributed by atoms with E-state index < -0.39 is 0 Å². The first-order valence-corrected chi connectivity index (χ1v) is 14.9. The lowest BCUT2D eigenvalue weighted by Crippen LogP contribution is -2.12. The molecule has 0 bridgehead atoms. The van der Waals surface area contributed by atoms with Crippen LogP contribution in [0.15, 0.2) is 91.7 Å². The van der Waals surface area contributed by atoms with Crippen LogP contribution in [0.5, 0.6) is 0 Å². The Balaban J connectivity index is 1.88. The second kappa shape index (κ2) is 13.7. The van der Waals surface area contributed by atoms with E-state index in [1.165, 1.54) is 11.3 Å². The van der Waals surface area contributed by atoms with Gasteiger partial charge in [-0.1, -0.05) is 77.3 Å². The molecule has 1 aliphatic rings. The molecule has 216 valence electrons. The second-order valence-electron chi connectivity index (χ2n) is 11.9. The minimum Gasteiger partial charge on any atom is -0.513 e. The number of anilines is 1. The molecule has 2 N–H and O–H groups in total. The van der Waals surface area contributed by atoms with Gasteiger partial charge in [-0.25, -0.2) is 4.39 Å². The molecule has 0 fully saturated rings. The smallest absolute Gasteiger partial charge is 0.123 e. The van der Waals surface area contributed by atoms with Gasteiger partial charge in [0, 0.05) is 41.2 Å². The van der Waals surface area contributed by atoms with Crippen LogP contribution in [0.3, 0.4) is 0 Å². The van der Waals surface area contributed by atoms with Crippen molar-refractivity contribution in [3.63, 3.8) is 0 Å². The van der Waals surface area contributed by atoms with Gasteiger partial charge in [-0.2, -0.15) is 0 Å². The first-order valence-electron chi connectivity index (χ1n) is 14.9. The first-order chi connectivity index (χ1) is 19.7. The molecular formula is C37H45FN2O. The normalized spacial score (nSPS) is 14.5. The van der Waals surface area contributed by atoms with Crippen LogP contribution in [0.1, 0.15) is 82.5 Å². The zero-order valence-corrected chi connectivity index (χ0v) is 25.1. The van der Waals surface area contributed by atoms with Crippen LogP contribution in [0.25, 0.3) is 22.5 Å². The summed E-state index contributed by atoms with van der Waals surface area (Å²) in [4.78, 5) is 0. The summed E-state index contributed by atoms with van der Waals surface area (Å²) >= 11 is 0. The lowest BCUT2D eigenvalue weighted by molar-refractivity contribution is 0.319. The number of allylic oxidation sites excluding steroid dienone is 5. The number of para-hydroxylation sites is 1. The van der Waals surface area contributed by atoms with Crippen LogP contribution < -0.4 is 5.32 Å². The van der Waals surface area contributed by atoms with Crippen LogP contribution >= 0.6 is 0 Å².